The third kappa shape index (κ3) is 5.99. The summed E-state index contributed by atoms with van der Waals surface area (Å²) < 4.78 is 29.8. The molecule has 9 heteroatoms. The summed E-state index contributed by atoms with van der Waals surface area (Å²) in [5.41, 5.74) is 1.38. The van der Waals surface area contributed by atoms with Gasteiger partial charge in [-0.2, -0.15) is 0 Å². The number of halogens is 2. The molecule has 1 atom stereocenters. The number of sulfonamides is 1. The number of nitrogens with one attached hydrogen (secondary N) is 1. The molecule has 0 spiro atoms. The molecule has 0 amide bonds. The Morgan fingerprint density at radius 3 is 2.14 bits per heavy atom. The van der Waals surface area contributed by atoms with Crippen molar-refractivity contribution in [2.45, 2.75) is 25.4 Å². The molecule has 2 aromatic carbocycles. The van der Waals surface area contributed by atoms with Crippen LogP contribution in [0.5, 0.6) is 11.5 Å². The normalized spacial score (nSPS) is 13.4. The second-order valence-corrected chi connectivity index (χ2v) is 9.67. The Balaban J connectivity index is 2.07. The van der Waals surface area contributed by atoms with Gasteiger partial charge in [0.05, 0.1) is 16.3 Å². The van der Waals surface area contributed by atoms with Crippen LogP contribution in [0.4, 0.5) is 0 Å². The van der Waals surface area contributed by atoms with Crippen molar-refractivity contribution in [3.05, 3.63) is 57.6 Å². The zero-order chi connectivity index (χ0) is 21.1. The molecule has 0 saturated heterocycles. The number of aromatic hydroxyl groups is 1. The van der Waals surface area contributed by atoms with Crippen LogP contribution >= 0.6 is 23.2 Å². The Bertz CT molecular complexity index is 907. The second-order valence-electron chi connectivity index (χ2n) is 7.02. The molecule has 2 aromatic rings. The summed E-state index contributed by atoms with van der Waals surface area (Å²) in [6, 6.07) is 10.6. The van der Waals surface area contributed by atoms with Crippen molar-refractivity contribution in [2.24, 2.45) is 0 Å². The van der Waals surface area contributed by atoms with Gasteiger partial charge in [0.15, 0.2) is 5.75 Å². The van der Waals surface area contributed by atoms with E-state index in [2.05, 4.69) is 4.72 Å². The number of hydrogen-bond donors (Lipinski definition) is 3. The Labute approximate surface area is 175 Å². The third-order valence-corrected chi connectivity index (χ3v) is 5.61. The molecule has 28 heavy (non-hydrogen) atoms. The first-order chi connectivity index (χ1) is 12.9. The Hall–Kier alpha value is -1.51. The molecule has 0 aliphatic carbocycles. The van der Waals surface area contributed by atoms with E-state index in [1.54, 1.807) is 24.3 Å². The summed E-state index contributed by atoms with van der Waals surface area (Å²) in [6.07, 6.45) is 0.0577. The minimum Gasteiger partial charge on any atom is -0.505 e. The third-order valence-electron chi connectivity index (χ3n) is 4.34. The van der Waals surface area contributed by atoms with Gasteiger partial charge in [-0.1, -0.05) is 49.2 Å². The molecule has 0 heterocycles. The summed E-state index contributed by atoms with van der Waals surface area (Å²) in [5.74, 6) is 0.398. The molecule has 0 aliphatic heterocycles. The molecule has 0 radical (unpaired) electrons. The second kappa shape index (κ2) is 8.88. The lowest BCUT2D eigenvalue weighted by Crippen LogP contribution is -2.34. The van der Waals surface area contributed by atoms with Gasteiger partial charge < -0.3 is 14.9 Å². The summed E-state index contributed by atoms with van der Waals surface area (Å²) in [6.45, 7) is 3.84. The maximum atomic E-state index is 11.0. The SMILES string of the molecule is CC(C)(c1ccc(OCC(O)CNS(C)(=O)=O)cc1)c1cc(Cl)c(O)c(Cl)c1. The van der Waals surface area contributed by atoms with E-state index < -0.39 is 21.5 Å². The molecular weight excluding hydrogens is 425 g/mol. The van der Waals surface area contributed by atoms with Crippen molar-refractivity contribution < 1.29 is 23.4 Å². The fraction of sp³-hybridized carbons (Fsp3) is 0.368. The van der Waals surface area contributed by atoms with E-state index in [4.69, 9.17) is 27.9 Å². The van der Waals surface area contributed by atoms with Gasteiger partial charge in [-0.25, -0.2) is 13.1 Å². The minimum atomic E-state index is -3.36. The molecule has 154 valence electrons. The standard InChI is InChI=1S/C19H23Cl2NO5S/c1-19(2,13-8-16(20)18(24)17(21)9-13)12-4-6-15(7-5-12)27-11-14(23)10-22-28(3,25)26/h4-9,14,22-24H,10-11H2,1-3H3. The van der Waals surface area contributed by atoms with Gasteiger partial charge in [0.25, 0.3) is 0 Å². The summed E-state index contributed by atoms with van der Waals surface area (Å²) in [7, 11) is -3.36. The van der Waals surface area contributed by atoms with Crippen LogP contribution in [0.1, 0.15) is 25.0 Å². The summed E-state index contributed by atoms with van der Waals surface area (Å²) in [5, 5.41) is 19.9. The average molecular weight is 448 g/mol. The number of phenols is 1. The molecule has 0 saturated carbocycles. The highest BCUT2D eigenvalue weighted by atomic mass is 35.5. The summed E-state index contributed by atoms with van der Waals surface area (Å²) >= 11 is 12.1. The Morgan fingerprint density at radius 1 is 1.11 bits per heavy atom. The van der Waals surface area contributed by atoms with E-state index in [0.29, 0.717) is 5.75 Å². The molecule has 0 aromatic heterocycles. The molecule has 2 rings (SSSR count). The van der Waals surface area contributed by atoms with Crippen LogP contribution in [0.3, 0.4) is 0 Å². The fourth-order valence-electron chi connectivity index (χ4n) is 2.56. The fourth-order valence-corrected chi connectivity index (χ4v) is 3.54. The van der Waals surface area contributed by atoms with Crippen LogP contribution in [-0.4, -0.2) is 44.1 Å². The smallest absolute Gasteiger partial charge is 0.208 e. The highest BCUT2D eigenvalue weighted by Gasteiger charge is 2.25. The van der Waals surface area contributed by atoms with Gasteiger partial charge in [-0.05, 0) is 35.4 Å². The first kappa shape index (κ1) is 22.8. The molecule has 0 aliphatic rings. The van der Waals surface area contributed by atoms with Crippen molar-refractivity contribution in [2.75, 3.05) is 19.4 Å². The van der Waals surface area contributed by atoms with Crippen LogP contribution in [-0.2, 0) is 15.4 Å². The molecule has 3 N–H and O–H groups in total. The number of rotatable bonds is 8. The van der Waals surface area contributed by atoms with Gasteiger partial charge in [-0.3, -0.25) is 0 Å². The van der Waals surface area contributed by atoms with Crippen LogP contribution in [0.25, 0.3) is 0 Å². The summed E-state index contributed by atoms with van der Waals surface area (Å²) in [4.78, 5) is 0. The lowest BCUT2D eigenvalue weighted by atomic mass is 9.78. The number of ether oxygens (including phenoxy) is 1. The number of hydrogen-bond acceptors (Lipinski definition) is 5. The van der Waals surface area contributed by atoms with Crippen LogP contribution < -0.4 is 9.46 Å². The highest BCUT2D eigenvalue weighted by molar-refractivity contribution is 7.88. The number of benzene rings is 2. The molecule has 0 fully saturated rings. The van der Waals surface area contributed by atoms with E-state index >= 15 is 0 Å². The van der Waals surface area contributed by atoms with E-state index in [0.717, 1.165) is 17.4 Å². The predicted octanol–water partition coefficient (Wildman–Crippen LogP) is 3.31. The largest absolute Gasteiger partial charge is 0.505 e. The van der Waals surface area contributed by atoms with E-state index in [1.807, 2.05) is 26.0 Å². The number of aliphatic hydroxyl groups is 1. The van der Waals surface area contributed by atoms with Crippen molar-refractivity contribution in [1.29, 1.82) is 0 Å². The van der Waals surface area contributed by atoms with E-state index in [9.17, 15) is 18.6 Å². The van der Waals surface area contributed by atoms with Crippen molar-refractivity contribution in [1.82, 2.24) is 4.72 Å². The lowest BCUT2D eigenvalue weighted by molar-refractivity contribution is 0.111. The zero-order valence-electron chi connectivity index (χ0n) is 15.7. The predicted molar refractivity (Wildman–Crippen MR) is 111 cm³/mol. The van der Waals surface area contributed by atoms with Crippen LogP contribution in [0.15, 0.2) is 36.4 Å². The van der Waals surface area contributed by atoms with Crippen molar-refractivity contribution in [3.63, 3.8) is 0 Å². The number of phenolic OH excluding ortho intramolecular Hbond substituents is 1. The van der Waals surface area contributed by atoms with Gasteiger partial charge in [-0.15, -0.1) is 0 Å². The Morgan fingerprint density at radius 2 is 1.64 bits per heavy atom. The lowest BCUT2D eigenvalue weighted by Gasteiger charge is -2.27. The number of aliphatic hydroxyl groups excluding tert-OH is 1. The maximum Gasteiger partial charge on any atom is 0.208 e. The minimum absolute atomic E-state index is 0.0472. The topological polar surface area (TPSA) is 95.9 Å². The monoisotopic (exact) mass is 447 g/mol. The van der Waals surface area contributed by atoms with Crippen LogP contribution in [0.2, 0.25) is 10.0 Å². The molecular formula is C19H23Cl2NO5S. The maximum absolute atomic E-state index is 11.0. The highest BCUT2D eigenvalue weighted by Crippen LogP contribution is 2.39. The molecule has 6 nitrogen and oxygen atoms in total. The van der Waals surface area contributed by atoms with Crippen molar-refractivity contribution in [3.8, 4) is 11.5 Å². The van der Waals surface area contributed by atoms with E-state index in [1.165, 1.54) is 0 Å². The first-order valence-corrected chi connectivity index (χ1v) is 11.1. The Kier molecular flexibility index (Phi) is 7.22. The molecule has 1 unspecified atom stereocenters. The van der Waals surface area contributed by atoms with Crippen molar-refractivity contribution >= 4 is 33.2 Å². The van der Waals surface area contributed by atoms with E-state index in [-0.39, 0.29) is 28.9 Å². The van der Waals surface area contributed by atoms with Gasteiger partial charge >= 0.3 is 0 Å². The first-order valence-electron chi connectivity index (χ1n) is 8.44. The van der Waals surface area contributed by atoms with Gasteiger partial charge in [0.1, 0.15) is 18.5 Å². The zero-order valence-corrected chi connectivity index (χ0v) is 18.1. The quantitative estimate of drug-likeness (QED) is 0.576. The molecule has 0 bridgehead atoms. The van der Waals surface area contributed by atoms with Gasteiger partial charge in [0.2, 0.25) is 10.0 Å². The average Bonchev–Trinajstić information content (AvgIpc) is 2.62. The van der Waals surface area contributed by atoms with Gasteiger partial charge in [0, 0.05) is 12.0 Å². The van der Waals surface area contributed by atoms with Crippen LogP contribution in [0, 0.1) is 0 Å².